The average molecular weight is 929 g/mol. The van der Waals surface area contributed by atoms with Crippen LogP contribution in [0.4, 0.5) is 48.3 Å². The van der Waals surface area contributed by atoms with Gasteiger partial charge in [0.1, 0.15) is 31.6 Å². The molecule has 2 aliphatic rings. The Labute approximate surface area is 354 Å². The van der Waals surface area contributed by atoms with E-state index in [2.05, 4.69) is 36.5 Å². The Kier molecular flexibility index (Phi) is 14.3. The van der Waals surface area contributed by atoms with Gasteiger partial charge in [0, 0.05) is 30.2 Å². The third kappa shape index (κ3) is 11.4. The number of urea groups is 1. The van der Waals surface area contributed by atoms with Crippen LogP contribution in [0.15, 0.2) is 52.0 Å². The van der Waals surface area contributed by atoms with Gasteiger partial charge in [-0.05, 0) is 56.5 Å². The molecule has 1 fully saturated rings. The molecule has 3 amide bonds. The maximum absolute atomic E-state index is 14.3. The molecule has 21 heteroatoms. The maximum Gasteiger partial charge on any atom is 0.417 e. The molecule has 2 aromatic heterocycles. The fourth-order valence-electron chi connectivity index (χ4n) is 7.05. The number of carbonyl (C=O) groups excluding carboxylic acids is 2. The van der Waals surface area contributed by atoms with Gasteiger partial charge in [-0.2, -0.15) is 26.3 Å². The Hall–Kier alpha value is -5.15. The molecule has 0 radical (unpaired) electrons. The molecule has 4 aromatic rings. The van der Waals surface area contributed by atoms with Crippen molar-refractivity contribution in [2.24, 2.45) is 0 Å². The number of aryl methyl sites for hydroxylation is 3. The summed E-state index contributed by atoms with van der Waals surface area (Å²) in [5.41, 5.74) is -0.593. The minimum atomic E-state index is -4.99. The number of hydrogen-bond acceptors (Lipinski definition) is 10. The largest absolute Gasteiger partial charge is 0.489 e. The molecule has 0 saturated carbocycles. The number of halogens is 7. The SMILES string of the molecule is CC[C@@H]1COc2c(ccc3c2c(C(F)(F)F)cc(=O)n3CCCOCCC(=O)N2CCO[C@H](COc3cc(C)c(Br)cc3NC(=O)Nc3cnc(C)cn3)C2)N1CC(F)(F)F. The second kappa shape index (κ2) is 19.3. The normalized spacial score (nSPS) is 16.9. The van der Waals surface area contributed by atoms with Crippen LogP contribution in [-0.4, -0.2) is 102 Å². The summed E-state index contributed by atoms with van der Waals surface area (Å²) in [5.74, 6) is 0.0738. The third-order valence-corrected chi connectivity index (χ3v) is 10.9. The molecule has 14 nitrogen and oxygen atoms in total. The fraction of sp³-hybridized carbons (Fsp3) is 0.475. The van der Waals surface area contributed by atoms with E-state index in [-0.39, 0.29) is 94.1 Å². The van der Waals surface area contributed by atoms with Gasteiger partial charge in [-0.25, -0.2) is 9.78 Å². The summed E-state index contributed by atoms with van der Waals surface area (Å²) in [6.07, 6.45) is -6.69. The molecule has 4 heterocycles. The number of hydrogen-bond donors (Lipinski definition) is 2. The molecule has 0 aliphatic carbocycles. The van der Waals surface area contributed by atoms with Crippen LogP contribution in [0.5, 0.6) is 11.5 Å². The highest BCUT2D eigenvalue weighted by atomic mass is 79.9. The van der Waals surface area contributed by atoms with Crippen molar-refractivity contribution < 1.29 is 54.9 Å². The molecule has 0 unspecified atom stereocenters. The van der Waals surface area contributed by atoms with E-state index in [9.17, 15) is 40.7 Å². The monoisotopic (exact) mass is 927 g/mol. The van der Waals surface area contributed by atoms with E-state index in [0.717, 1.165) is 19.5 Å². The topological polar surface area (TPSA) is 149 Å². The number of morpholine rings is 1. The Morgan fingerprint density at radius 2 is 1.82 bits per heavy atom. The highest BCUT2D eigenvalue weighted by Gasteiger charge is 2.41. The molecule has 2 aromatic carbocycles. The summed E-state index contributed by atoms with van der Waals surface area (Å²) >= 11 is 3.48. The number of anilines is 3. The van der Waals surface area contributed by atoms with Crippen molar-refractivity contribution in [1.29, 1.82) is 0 Å². The van der Waals surface area contributed by atoms with Gasteiger partial charge in [-0.1, -0.05) is 22.9 Å². The lowest BCUT2D eigenvalue weighted by Gasteiger charge is -2.39. The second-order valence-electron chi connectivity index (χ2n) is 14.5. The smallest absolute Gasteiger partial charge is 0.417 e. The zero-order valence-corrected chi connectivity index (χ0v) is 35.0. The van der Waals surface area contributed by atoms with Crippen LogP contribution in [0.3, 0.4) is 0 Å². The van der Waals surface area contributed by atoms with E-state index < -0.39 is 53.6 Å². The Morgan fingerprint density at radius 3 is 2.52 bits per heavy atom. The van der Waals surface area contributed by atoms with Gasteiger partial charge < -0.3 is 38.6 Å². The van der Waals surface area contributed by atoms with Crippen molar-refractivity contribution in [2.45, 2.75) is 71.1 Å². The molecule has 0 bridgehead atoms. The zero-order valence-electron chi connectivity index (χ0n) is 33.4. The number of fused-ring (bicyclic) bond motifs is 3. The zero-order chi connectivity index (χ0) is 44.1. The van der Waals surface area contributed by atoms with E-state index in [1.165, 1.54) is 24.5 Å². The van der Waals surface area contributed by atoms with E-state index in [4.69, 9.17) is 18.9 Å². The quantitative estimate of drug-likeness (QED) is 0.0964. The standard InChI is InChI=1S/C40H44BrF6N7O7/c1-4-25-20-61-37-31(54(25)22-39(42,43)44)7-6-30-36(37)27(40(45,46)47)15-35(56)53(30)9-5-11-58-12-8-34(55)52-10-13-59-26(19-52)21-60-32-14-23(2)28(41)16-29(32)50-38(57)51-33-18-48-24(3)17-49-33/h6-7,14-18,25-26H,4-5,8-13,19-22H2,1-3H3,(H2,49,50,51,57)/t25-,26+/m1/s1. The first-order valence-electron chi connectivity index (χ1n) is 19.4. The molecule has 61 heavy (non-hydrogen) atoms. The highest BCUT2D eigenvalue weighted by molar-refractivity contribution is 9.10. The van der Waals surface area contributed by atoms with Crippen molar-refractivity contribution in [2.75, 3.05) is 68.2 Å². The van der Waals surface area contributed by atoms with Gasteiger partial charge in [0.05, 0.1) is 78.1 Å². The van der Waals surface area contributed by atoms with Crippen molar-refractivity contribution in [3.8, 4) is 11.5 Å². The summed E-state index contributed by atoms with van der Waals surface area (Å²) in [4.78, 5) is 49.8. The number of nitrogens with zero attached hydrogens (tertiary/aromatic N) is 5. The summed E-state index contributed by atoms with van der Waals surface area (Å²) < 4.78 is 109. The number of ether oxygens (including phenoxy) is 4. The number of carbonyl (C=O) groups is 2. The number of amides is 3. The Morgan fingerprint density at radius 1 is 1.03 bits per heavy atom. The molecule has 2 atom stereocenters. The summed E-state index contributed by atoms with van der Waals surface area (Å²) in [5, 5.41) is 4.88. The molecule has 330 valence electrons. The summed E-state index contributed by atoms with van der Waals surface area (Å²) in [7, 11) is 0. The van der Waals surface area contributed by atoms with E-state index in [1.807, 2.05) is 6.92 Å². The maximum atomic E-state index is 14.3. The first-order chi connectivity index (χ1) is 28.9. The van der Waals surface area contributed by atoms with Gasteiger partial charge in [-0.15, -0.1) is 0 Å². The number of alkyl halides is 6. The molecule has 0 spiro atoms. The van der Waals surface area contributed by atoms with Gasteiger partial charge >= 0.3 is 18.4 Å². The molecule has 6 rings (SSSR count). The van der Waals surface area contributed by atoms with Gasteiger partial charge in [0.15, 0.2) is 11.6 Å². The van der Waals surface area contributed by atoms with E-state index >= 15 is 0 Å². The Bertz CT molecular complexity index is 2280. The molecular formula is C40H44BrF6N7O7. The van der Waals surface area contributed by atoms with Crippen LogP contribution in [0.2, 0.25) is 0 Å². The van der Waals surface area contributed by atoms with Crippen LogP contribution in [0, 0.1) is 13.8 Å². The van der Waals surface area contributed by atoms with Crippen molar-refractivity contribution in [1.82, 2.24) is 19.4 Å². The minimum absolute atomic E-state index is 0.0217. The lowest BCUT2D eigenvalue weighted by molar-refractivity contribution is -0.141. The summed E-state index contributed by atoms with van der Waals surface area (Å²) in [6.45, 7) is 4.56. The van der Waals surface area contributed by atoms with Crippen LogP contribution in [-0.2, 0) is 27.0 Å². The number of rotatable bonds is 14. The number of nitrogens with one attached hydrogen (secondary N) is 2. The fourth-order valence-corrected chi connectivity index (χ4v) is 7.39. The minimum Gasteiger partial charge on any atom is -0.489 e. The van der Waals surface area contributed by atoms with Gasteiger partial charge in [0.25, 0.3) is 5.56 Å². The second-order valence-corrected chi connectivity index (χ2v) is 15.4. The van der Waals surface area contributed by atoms with Crippen LogP contribution < -0.4 is 30.6 Å². The number of aromatic nitrogens is 3. The summed E-state index contributed by atoms with van der Waals surface area (Å²) in [6, 6.07) is 5.08. The van der Waals surface area contributed by atoms with Crippen LogP contribution >= 0.6 is 15.9 Å². The predicted molar refractivity (Wildman–Crippen MR) is 216 cm³/mol. The van der Waals surface area contributed by atoms with Gasteiger partial charge in [0.2, 0.25) is 5.91 Å². The van der Waals surface area contributed by atoms with E-state index in [0.29, 0.717) is 29.7 Å². The highest BCUT2D eigenvalue weighted by Crippen LogP contribution is 2.46. The molecule has 2 aliphatic heterocycles. The number of pyridine rings is 1. The lowest BCUT2D eigenvalue weighted by Crippen LogP contribution is -2.47. The van der Waals surface area contributed by atoms with Crippen LogP contribution in [0.1, 0.15) is 43.0 Å². The molecular weight excluding hydrogens is 884 g/mol. The van der Waals surface area contributed by atoms with Crippen molar-refractivity contribution in [3.05, 3.63) is 74.4 Å². The van der Waals surface area contributed by atoms with E-state index in [1.54, 1.807) is 30.9 Å². The third-order valence-electron chi connectivity index (χ3n) is 10.1. The lowest BCUT2D eigenvalue weighted by atomic mass is 10.0. The van der Waals surface area contributed by atoms with Crippen LogP contribution in [0.25, 0.3) is 10.9 Å². The van der Waals surface area contributed by atoms with Gasteiger partial charge in [-0.3, -0.25) is 19.9 Å². The predicted octanol–water partition coefficient (Wildman–Crippen LogP) is 7.48. The first-order valence-corrected chi connectivity index (χ1v) is 20.2. The average Bonchev–Trinajstić information content (AvgIpc) is 3.20. The van der Waals surface area contributed by atoms with Crippen molar-refractivity contribution >= 4 is 56.0 Å². The molecule has 2 N–H and O–H groups in total. The first kappa shape index (κ1) is 45.4. The molecule has 1 saturated heterocycles. The number of benzene rings is 2. The van der Waals surface area contributed by atoms with Crippen molar-refractivity contribution in [3.63, 3.8) is 0 Å². The Balaban J connectivity index is 1.02.